The number of hydrogen-bond donors (Lipinski definition) is 1. The van der Waals surface area contributed by atoms with E-state index in [1.165, 1.54) is 0 Å². The molecular weight excluding hydrogens is 222 g/mol. The van der Waals surface area contributed by atoms with Crippen molar-refractivity contribution in [3.8, 4) is 0 Å². The lowest BCUT2D eigenvalue weighted by Crippen LogP contribution is -1.93. The highest BCUT2D eigenvalue weighted by molar-refractivity contribution is 6.37. The molecule has 0 atom stereocenters. The van der Waals surface area contributed by atoms with Crippen LogP contribution < -0.4 is 5.73 Å². The van der Waals surface area contributed by atoms with Gasteiger partial charge in [-0.1, -0.05) is 35.9 Å². The number of rotatable bonds is 1. The van der Waals surface area contributed by atoms with Crippen molar-refractivity contribution in [1.29, 1.82) is 0 Å². The van der Waals surface area contributed by atoms with E-state index in [0.717, 1.165) is 32.3 Å². The van der Waals surface area contributed by atoms with Gasteiger partial charge in [0, 0.05) is 33.3 Å². The first-order chi connectivity index (χ1) is 7.81. The summed E-state index contributed by atoms with van der Waals surface area (Å²) in [5.74, 6) is 0. The number of fused-ring (bicyclic) bond motifs is 3. The molecule has 0 aliphatic heterocycles. The molecule has 3 rings (SSSR count). The van der Waals surface area contributed by atoms with Crippen molar-refractivity contribution in [2.75, 3.05) is 0 Å². The molecular formula is C13H10ClNO. The van der Waals surface area contributed by atoms with Crippen molar-refractivity contribution < 1.29 is 4.42 Å². The summed E-state index contributed by atoms with van der Waals surface area (Å²) in [6.45, 7) is 0.460. The SMILES string of the molecule is NCc1coc2c1cc(Cl)c1ccccc12. The highest BCUT2D eigenvalue weighted by atomic mass is 35.5. The summed E-state index contributed by atoms with van der Waals surface area (Å²) in [6.07, 6.45) is 1.70. The molecule has 80 valence electrons. The molecule has 0 radical (unpaired) electrons. The van der Waals surface area contributed by atoms with Gasteiger partial charge in [0.1, 0.15) is 5.58 Å². The van der Waals surface area contributed by atoms with Crippen LogP contribution in [0, 0.1) is 0 Å². The lowest BCUT2D eigenvalue weighted by atomic mass is 10.1. The minimum Gasteiger partial charge on any atom is -0.463 e. The van der Waals surface area contributed by atoms with Gasteiger partial charge in [-0.25, -0.2) is 0 Å². The van der Waals surface area contributed by atoms with E-state index >= 15 is 0 Å². The molecule has 0 unspecified atom stereocenters. The first-order valence-electron chi connectivity index (χ1n) is 5.08. The number of furan rings is 1. The van der Waals surface area contributed by atoms with E-state index in [2.05, 4.69) is 0 Å². The van der Waals surface area contributed by atoms with Crippen LogP contribution in [0.25, 0.3) is 21.7 Å². The Hall–Kier alpha value is -1.51. The molecule has 0 aliphatic rings. The minimum absolute atomic E-state index is 0.460. The van der Waals surface area contributed by atoms with Gasteiger partial charge in [-0.3, -0.25) is 0 Å². The van der Waals surface area contributed by atoms with Crippen molar-refractivity contribution >= 4 is 33.3 Å². The van der Waals surface area contributed by atoms with Crippen LogP contribution in [0.1, 0.15) is 5.56 Å². The lowest BCUT2D eigenvalue weighted by molar-refractivity contribution is 0.614. The lowest BCUT2D eigenvalue weighted by Gasteiger charge is -2.01. The fraction of sp³-hybridized carbons (Fsp3) is 0.0769. The zero-order valence-electron chi connectivity index (χ0n) is 8.53. The van der Waals surface area contributed by atoms with Crippen LogP contribution >= 0.6 is 11.6 Å². The zero-order valence-corrected chi connectivity index (χ0v) is 9.29. The van der Waals surface area contributed by atoms with Crippen LogP contribution in [-0.4, -0.2) is 0 Å². The molecule has 2 nitrogen and oxygen atoms in total. The molecule has 16 heavy (non-hydrogen) atoms. The van der Waals surface area contributed by atoms with E-state index in [1.54, 1.807) is 6.26 Å². The number of hydrogen-bond acceptors (Lipinski definition) is 2. The first-order valence-corrected chi connectivity index (χ1v) is 5.46. The molecule has 0 bridgehead atoms. The third-order valence-electron chi connectivity index (χ3n) is 2.83. The first kappa shape index (κ1) is 9.70. The summed E-state index contributed by atoms with van der Waals surface area (Å²) in [5, 5.41) is 3.78. The van der Waals surface area contributed by atoms with Gasteiger partial charge in [-0.05, 0) is 6.07 Å². The molecule has 1 heterocycles. The third-order valence-corrected chi connectivity index (χ3v) is 3.14. The molecule has 0 amide bonds. The van der Waals surface area contributed by atoms with Gasteiger partial charge < -0.3 is 10.2 Å². The van der Waals surface area contributed by atoms with Crippen molar-refractivity contribution in [1.82, 2.24) is 0 Å². The van der Waals surface area contributed by atoms with E-state index in [0.29, 0.717) is 6.54 Å². The Morgan fingerprint density at radius 3 is 2.62 bits per heavy atom. The standard InChI is InChI=1S/C13H10ClNO/c14-12-5-11-8(6-15)7-16-13(11)10-4-2-1-3-9(10)12/h1-5,7H,6,15H2. The van der Waals surface area contributed by atoms with E-state index in [-0.39, 0.29) is 0 Å². The highest BCUT2D eigenvalue weighted by Crippen LogP contribution is 2.34. The van der Waals surface area contributed by atoms with Gasteiger partial charge >= 0.3 is 0 Å². The molecule has 0 saturated carbocycles. The van der Waals surface area contributed by atoms with Gasteiger partial charge in [0.05, 0.1) is 6.26 Å². The van der Waals surface area contributed by atoms with E-state index in [1.807, 2.05) is 30.3 Å². The summed E-state index contributed by atoms with van der Waals surface area (Å²) in [5.41, 5.74) is 7.50. The maximum atomic E-state index is 6.24. The van der Waals surface area contributed by atoms with Crippen LogP contribution in [0.15, 0.2) is 41.0 Å². The van der Waals surface area contributed by atoms with E-state index < -0.39 is 0 Å². The number of halogens is 1. The minimum atomic E-state index is 0.460. The summed E-state index contributed by atoms with van der Waals surface area (Å²) >= 11 is 6.24. The molecule has 2 N–H and O–H groups in total. The van der Waals surface area contributed by atoms with Crippen molar-refractivity contribution in [2.45, 2.75) is 6.54 Å². The van der Waals surface area contributed by atoms with Gasteiger partial charge in [-0.15, -0.1) is 0 Å². The number of nitrogens with two attached hydrogens (primary N) is 1. The molecule has 1 aromatic heterocycles. The predicted molar refractivity (Wildman–Crippen MR) is 66.6 cm³/mol. The van der Waals surface area contributed by atoms with Gasteiger partial charge in [0.15, 0.2) is 0 Å². The fourth-order valence-electron chi connectivity index (χ4n) is 2.02. The quantitative estimate of drug-likeness (QED) is 0.694. The molecule has 3 aromatic rings. The Bertz CT molecular complexity index is 672. The largest absolute Gasteiger partial charge is 0.463 e. The monoisotopic (exact) mass is 231 g/mol. The maximum Gasteiger partial charge on any atom is 0.142 e. The number of benzene rings is 2. The van der Waals surface area contributed by atoms with Crippen LogP contribution in [-0.2, 0) is 6.54 Å². The zero-order chi connectivity index (χ0) is 11.1. The second-order valence-corrected chi connectivity index (χ2v) is 4.15. The second kappa shape index (κ2) is 3.51. The van der Waals surface area contributed by atoms with Gasteiger partial charge in [0.25, 0.3) is 0 Å². The van der Waals surface area contributed by atoms with Crippen molar-refractivity contribution in [3.63, 3.8) is 0 Å². The van der Waals surface area contributed by atoms with Crippen LogP contribution in [0.3, 0.4) is 0 Å². The molecule has 3 heteroatoms. The predicted octanol–water partition coefficient (Wildman–Crippen LogP) is 3.70. The second-order valence-electron chi connectivity index (χ2n) is 3.75. The summed E-state index contributed by atoms with van der Waals surface area (Å²) in [4.78, 5) is 0. The summed E-state index contributed by atoms with van der Waals surface area (Å²) in [6, 6.07) is 9.86. The molecule has 0 saturated heterocycles. The Kier molecular flexibility index (Phi) is 2.13. The average Bonchev–Trinajstić information content (AvgIpc) is 2.72. The smallest absolute Gasteiger partial charge is 0.142 e. The van der Waals surface area contributed by atoms with Crippen LogP contribution in [0.2, 0.25) is 5.02 Å². The Morgan fingerprint density at radius 2 is 1.88 bits per heavy atom. The average molecular weight is 232 g/mol. The Balaban J connectivity index is 2.55. The third kappa shape index (κ3) is 1.24. The summed E-state index contributed by atoms with van der Waals surface area (Å²) in [7, 11) is 0. The van der Waals surface area contributed by atoms with Crippen molar-refractivity contribution in [2.24, 2.45) is 5.73 Å². The molecule has 0 aliphatic carbocycles. The molecule has 0 spiro atoms. The molecule has 0 fully saturated rings. The van der Waals surface area contributed by atoms with Crippen LogP contribution in [0.4, 0.5) is 0 Å². The topological polar surface area (TPSA) is 39.2 Å². The van der Waals surface area contributed by atoms with Gasteiger partial charge in [0.2, 0.25) is 0 Å². The van der Waals surface area contributed by atoms with Crippen molar-refractivity contribution in [3.05, 3.63) is 47.2 Å². The Labute approximate surface area is 97.6 Å². The fourth-order valence-corrected chi connectivity index (χ4v) is 2.30. The van der Waals surface area contributed by atoms with Gasteiger partial charge in [-0.2, -0.15) is 0 Å². The van der Waals surface area contributed by atoms with E-state index in [9.17, 15) is 0 Å². The summed E-state index contributed by atoms with van der Waals surface area (Å²) < 4.78 is 5.57. The van der Waals surface area contributed by atoms with E-state index in [4.69, 9.17) is 21.8 Å². The maximum absolute atomic E-state index is 6.24. The Morgan fingerprint density at radius 1 is 1.12 bits per heavy atom. The highest BCUT2D eigenvalue weighted by Gasteiger charge is 2.10. The normalized spacial score (nSPS) is 11.4. The van der Waals surface area contributed by atoms with Crippen LogP contribution in [0.5, 0.6) is 0 Å². The molecule has 2 aromatic carbocycles.